The number of carboxylic acid groups (broad SMARTS) is 1. The van der Waals surface area contributed by atoms with Gasteiger partial charge in [-0.1, -0.05) is 53.7 Å². The molecule has 0 aliphatic heterocycles. The number of carbonyl (C=O) groups is 1. The van der Waals surface area contributed by atoms with E-state index in [4.69, 9.17) is 9.47 Å². The van der Waals surface area contributed by atoms with Gasteiger partial charge in [0.25, 0.3) is 0 Å². The fraction of sp³-hybridized carbons (Fsp3) is 0.348. The Labute approximate surface area is 185 Å². The van der Waals surface area contributed by atoms with E-state index in [9.17, 15) is 15.4 Å². The molecule has 1 heterocycles. The highest BCUT2D eigenvalue weighted by molar-refractivity contribution is 5.77. The largest absolute Gasteiger partial charge is 0.481 e. The van der Waals surface area contributed by atoms with Crippen LogP contribution < -0.4 is 9.47 Å². The highest BCUT2D eigenvalue weighted by Crippen LogP contribution is 2.43. The van der Waals surface area contributed by atoms with Crippen LogP contribution in [0.25, 0.3) is 10.4 Å². The molecular weight excluding hydrogens is 410 g/mol. The van der Waals surface area contributed by atoms with Crippen LogP contribution in [0.5, 0.6) is 11.9 Å². The van der Waals surface area contributed by atoms with E-state index in [2.05, 4.69) is 20.0 Å². The van der Waals surface area contributed by atoms with Gasteiger partial charge in [-0.15, -0.1) is 0 Å². The van der Waals surface area contributed by atoms with E-state index in [1.54, 1.807) is 30.3 Å². The number of rotatable bonds is 8. The zero-order chi connectivity index (χ0) is 22.6. The van der Waals surface area contributed by atoms with Gasteiger partial charge >= 0.3 is 12.0 Å². The molecule has 9 heteroatoms. The Morgan fingerprint density at radius 1 is 1.25 bits per heavy atom. The lowest BCUT2D eigenvalue weighted by Crippen LogP contribution is -2.48. The van der Waals surface area contributed by atoms with Crippen LogP contribution in [0.3, 0.4) is 0 Å². The maximum absolute atomic E-state index is 12.6. The number of benzene rings is 1. The monoisotopic (exact) mass is 433 g/mol. The molecular formula is C23H23N5O4. The number of aryl methyl sites for hydroxylation is 1. The summed E-state index contributed by atoms with van der Waals surface area (Å²) in [4.78, 5) is 24.4. The van der Waals surface area contributed by atoms with E-state index >= 15 is 0 Å². The van der Waals surface area contributed by atoms with Crippen molar-refractivity contribution in [2.75, 3.05) is 7.11 Å². The van der Waals surface area contributed by atoms with Crippen molar-refractivity contribution in [2.24, 2.45) is 5.11 Å². The molecule has 0 radical (unpaired) electrons. The third-order valence-corrected chi connectivity index (χ3v) is 5.81. The smallest absolute Gasteiger partial charge is 0.346 e. The third-order valence-electron chi connectivity index (χ3n) is 5.81. The van der Waals surface area contributed by atoms with Crippen molar-refractivity contribution in [1.29, 1.82) is 0 Å². The number of azide groups is 1. The van der Waals surface area contributed by atoms with E-state index < -0.39 is 17.6 Å². The van der Waals surface area contributed by atoms with Crippen LogP contribution in [0, 0.1) is 0 Å². The van der Waals surface area contributed by atoms with Crippen molar-refractivity contribution in [3.63, 3.8) is 0 Å². The summed E-state index contributed by atoms with van der Waals surface area (Å²) < 4.78 is 11.3. The van der Waals surface area contributed by atoms with Crippen LogP contribution in [0.1, 0.15) is 36.1 Å². The van der Waals surface area contributed by atoms with Crippen molar-refractivity contribution in [3.8, 4) is 11.9 Å². The average molecular weight is 433 g/mol. The second-order valence-corrected chi connectivity index (χ2v) is 7.61. The van der Waals surface area contributed by atoms with Crippen LogP contribution in [0.15, 0.2) is 59.2 Å². The first kappa shape index (κ1) is 21.4. The number of ether oxygens (including phenoxy) is 2. The first-order chi connectivity index (χ1) is 15.6. The van der Waals surface area contributed by atoms with Crippen LogP contribution >= 0.6 is 0 Å². The lowest BCUT2D eigenvalue weighted by Gasteiger charge is -2.37. The first-order valence-corrected chi connectivity index (χ1v) is 10.4. The summed E-state index contributed by atoms with van der Waals surface area (Å²) in [6, 6.07) is 8.70. The topological polar surface area (TPSA) is 130 Å². The van der Waals surface area contributed by atoms with Crippen molar-refractivity contribution in [3.05, 3.63) is 81.4 Å². The summed E-state index contributed by atoms with van der Waals surface area (Å²) in [5, 5.41) is 14.3. The van der Waals surface area contributed by atoms with Gasteiger partial charge < -0.3 is 14.6 Å². The summed E-state index contributed by atoms with van der Waals surface area (Å²) in [7, 11) is 1.51. The Morgan fingerprint density at radius 2 is 2.06 bits per heavy atom. The zero-order valence-corrected chi connectivity index (χ0v) is 17.6. The first-order valence-electron chi connectivity index (χ1n) is 10.4. The maximum Gasteiger partial charge on any atom is 0.346 e. The van der Waals surface area contributed by atoms with Crippen LogP contribution in [0.4, 0.5) is 0 Å². The Balaban J connectivity index is 1.88. The Morgan fingerprint density at radius 3 is 2.72 bits per heavy atom. The molecule has 1 aromatic carbocycles. The van der Waals surface area contributed by atoms with Gasteiger partial charge in [-0.05, 0) is 48.8 Å². The fourth-order valence-electron chi connectivity index (χ4n) is 4.38. The second-order valence-electron chi connectivity index (χ2n) is 7.61. The molecule has 0 saturated carbocycles. The van der Waals surface area contributed by atoms with Gasteiger partial charge in [0.2, 0.25) is 12.0 Å². The van der Waals surface area contributed by atoms with Gasteiger partial charge in [-0.2, -0.15) is 9.97 Å². The Hall–Kier alpha value is -3.84. The van der Waals surface area contributed by atoms with E-state index in [1.807, 2.05) is 18.2 Å². The quantitative estimate of drug-likeness (QED) is 0.375. The fourth-order valence-corrected chi connectivity index (χ4v) is 4.38. The number of hydrogen-bond donors (Lipinski definition) is 1. The van der Waals surface area contributed by atoms with Gasteiger partial charge in [-0.3, -0.25) is 0 Å². The van der Waals surface area contributed by atoms with Crippen LogP contribution in [0.2, 0.25) is 0 Å². The Bertz CT molecular complexity index is 1120. The SMILES string of the molecule is COc1nc(O[C@H](C(=O)O)C(N=[N+]=[N-])(C2=CC=CCC2)c2ccccc2)nc2c1CCC2. The molecule has 0 spiro atoms. The van der Waals surface area contributed by atoms with Gasteiger partial charge in [-0.25, -0.2) is 4.79 Å². The normalized spacial score (nSPS) is 17.3. The minimum Gasteiger partial charge on any atom is -0.481 e. The van der Waals surface area contributed by atoms with Gasteiger partial charge in [0.15, 0.2) is 0 Å². The standard InChI is InChI=1S/C23H23N5O4/c1-31-20-17-13-8-14-18(17)25-22(26-20)32-19(21(29)30)23(27-28-24,15-9-4-2-5-10-15)16-11-6-3-7-12-16/h2-6,9-11,19H,7-8,12-14H2,1H3,(H,29,30)/t19-,23?/m1/s1. The molecule has 1 aromatic heterocycles. The number of aliphatic carboxylic acids is 1. The van der Waals surface area contributed by atoms with Crippen molar-refractivity contribution >= 4 is 5.97 Å². The third kappa shape index (κ3) is 3.78. The average Bonchev–Trinajstić information content (AvgIpc) is 3.30. The molecule has 164 valence electrons. The molecule has 2 aliphatic rings. The molecule has 2 atom stereocenters. The number of fused-ring (bicyclic) bond motifs is 1. The van der Waals surface area contributed by atoms with Crippen LogP contribution in [-0.2, 0) is 23.2 Å². The van der Waals surface area contributed by atoms with E-state index in [-0.39, 0.29) is 6.01 Å². The number of hydrogen-bond acceptors (Lipinski definition) is 6. The molecule has 9 nitrogen and oxygen atoms in total. The lowest BCUT2D eigenvalue weighted by atomic mass is 9.75. The van der Waals surface area contributed by atoms with E-state index in [0.29, 0.717) is 29.9 Å². The van der Waals surface area contributed by atoms with Gasteiger partial charge in [0.1, 0.15) is 5.54 Å². The number of carboxylic acids is 1. The summed E-state index contributed by atoms with van der Waals surface area (Å²) in [6.45, 7) is 0. The van der Waals surface area contributed by atoms with Gasteiger partial charge in [0, 0.05) is 10.5 Å². The number of methoxy groups -OCH3 is 1. The molecule has 0 saturated heterocycles. The molecule has 4 rings (SSSR count). The summed E-state index contributed by atoms with van der Waals surface area (Å²) in [6.07, 6.45) is 7.65. The molecule has 2 aliphatic carbocycles. The molecule has 1 N–H and O–H groups in total. The van der Waals surface area contributed by atoms with E-state index in [0.717, 1.165) is 30.5 Å². The lowest BCUT2D eigenvalue weighted by molar-refractivity contribution is -0.148. The molecule has 2 aromatic rings. The predicted molar refractivity (Wildman–Crippen MR) is 116 cm³/mol. The van der Waals surface area contributed by atoms with Crippen molar-refractivity contribution in [1.82, 2.24) is 9.97 Å². The predicted octanol–water partition coefficient (Wildman–Crippen LogP) is 4.29. The van der Waals surface area contributed by atoms with Crippen LogP contribution in [-0.4, -0.2) is 34.3 Å². The zero-order valence-electron chi connectivity index (χ0n) is 17.6. The summed E-state index contributed by atoms with van der Waals surface area (Å²) in [5.41, 5.74) is 10.7. The molecule has 1 unspecified atom stereocenters. The summed E-state index contributed by atoms with van der Waals surface area (Å²) in [5.74, 6) is -0.916. The number of nitrogens with zero attached hydrogens (tertiary/aromatic N) is 5. The minimum atomic E-state index is -1.62. The number of allylic oxidation sites excluding steroid dienone is 3. The molecule has 0 bridgehead atoms. The van der Waals surface area contributed by atoms with Crippen molar-refractivity contribution < 1.29 is 19.4 Å². The van der Waals surface area contributed by atoms with E-state index in [1.165, 1.54) is 7.11 Å². The highest BCUT2D eigenvalue weighted by Gasteiger charge is 2.49. The molecule has 0 fully saturated rings. The highest BCUT2D eigenvalue weighted by atomic mass is 16.5. The maximum atomic E-state index is 12.6. The van der Waals surface area contributed by atoms with Gasteiger partial charge in [0.05, 0.1) is 12.8 Å². The van der Waals surface area contributed by atoms with Crippen molar-refractivity contribution in [2.45, 2.75) is 43.7 Å². The summed E-state index contributed by atoms with van der Waals surface area (Å²) >= 11 is 0. The second kappa shape index (κ2) is 9.11. The number of aromatic nitrogens is 2. The molecule has 0 amide bonds. The Kier molecular flexibility index (Phi) is 6.09. The molecule has 32 heavy (non-hydrogen) atoms. The minimum absolute atomic E-state index is 0.115.